The first kappa shape index (κ1) is 17.7. The molecule has 4 nitrogen and oxygen atoms in total. The molecular weight excluding hydrogens is 355 g/mol. The van der Waals surface area contributed by atoms with Gasteiger partial charge < -0.3 is 0 Å². The number of carbonyl (C=O) groups excluding carboxylic acids is 2. The molecule has 0 bridgehead atoms. The molecule has 7 heteroatoms. The molecule has 2 amide bonds. The number of hydrogen-bond donors (Lipinski definition) is 2. The highest BCUT2D eigenvalue weighted by atomic mass is 35.5. The number of benzene rings is 2. The first-order valence-electron chi connectivity index (χ1n) is 6.78. The van der Waals surface area contributed by atoms with Crippen LogP contribution in [0.4, 0.5) is 0 Å². The van der Waals surface area contributed by atoms with E-state index in [0.717, 1.165) is 4.90 Å². The molecule has 0 aliphatic carbocycles. The van der Waals surface area contributed by atoms with Crippen molar-refractivity contribution in [2.75, 3.05) is 5.75 Å². The molecule has 120 valence electrons. The summed E-state index contributed by atoms with van der Waals surface area (Å²) in [5.74, 6) is -0.128. The second-order valence-electron chi connectivity index (χ2n) is 4.53. The lowest BCUT2D eigenvalue weighted by Crippen LogP contribution is -2.41. The summed E-state index contributed by atoms with van der Waals surface area (Å²) in [5, 5.41) is 1.01. The first-order valence-corrected chi connectivity index (χ1v) is 8.52. The van der Waals surface area contributed by atoms with Crippen molar-refractivity contribution in [2.24, 2.45) is 0 Å². The van der Waals surface area contributed by atoms with Gasteiger partial charge in [0.05, 0.1) is 10.6 Å². The number of hydrogen-bond acceptors (Lipinski definition) is 3. The number of rotatable bonds is 5. The highest BCUT2D eigenvalue weighted by molar-refractivity contribution is 7.99. The molecule has 23 heavy (non-hydrogen) atoms. The van der Waals surface area contributed by atoms with Crippen molar-refractivity contribution in [1.82, 2.24) is 10.9 Å². The van der Waals surface area contributed by atoms with Crippen LogP contribution >= 0.6 is 35.0 Å². The van der Waals surface area contributed by atoms with Gasteiger partial charge in [-0.15, -0.1) is 11.8 Å². The van der Waals surface area contributed by atoms with Crippen LogP contribution in [-0.2, 0) is 4.79 Å². The van der Waals surface area contributed by atoms with Crippen LogP contribution in [0, 0.1) is 0 Å². The van der Waals surface area contributed by atoms with Gasteiger partial charge in [0.15, 0.2) is 0 Å². The van der Waals surface area contributed by atoms with Crippen molar-refractivity contribution in [1.29, 1.82) is 0 Å². The standard InChI is InChI=1S/C16H14Cl2N2O2S/c17-11-5-7-12(8-6-11)23-10-9-15(21)19-20-16(22)13-3-1-2-4-14(13)18/h1-8H,9-10H2,(H,19,21)(H,20,22). The number of thioether (sulfide) groups is 1. The topological polar surface area (TPSA) is 58.2 Å². The highest BCUT2D eigenvalue weighted by Gasteiger charge is 2.10. The minimum atomic E-state index is -0.450. The zero-order chi connectivity index (χ0) is 16.7. The Morgan fingerprint density at radius 1 is 0.957 bits per heavy atom. The number of carbonyl (C=O) groups is 2. The van der Waals surface area contributed by atoms with Crippen molar-refractivity contribution < 1.29 is 9.59 Å². The molecule has 0 spiro atoms. The Bertz CT molecular complexity index is 693. The third-order valence-corrected chi connectivity index (χ3v) is 4.44. The van der Waals surface area contributed by atoms with Crippen LogP contribution in [0.15, 0.2) is 53.4 Å². The lowest BCUT2D eigenvalue weighted by molar-refractivity contribution is -0.121. The Kier molecular flexibility index (Phi) is 6.77. The van der Waals surface area contributed by atoms with Crippen LogP contribution < -0.4 is 10.9 Å². The van der Waals surface area contributed by atoms with Gasteiger partial charge in [-0.1, -0.05) is 35.3 Å². The van der Waals surface area contributed by atoms with E-state index in [1.807, 2.05) is 12.1 Å². The molecule has 0 aliphatic rings. The third-order valence-electron chi connectivity index (χ3n) is 2.85. The van der Waals surface area contributed by atoms with Crippen molar-refractivity contribution >= 4 is 46.8 Å². The molecule has 2 aromatic rings. The summed E-state index contributed by atoms with van der Waals surface area (Å²) in [5.41, 5.74) is 5.03. The van der Waals surface area contributed by atoms with E-state index in [9.17, 15) is 9.59 Å². The molecule has 2 aromatic carbocycles. The van der Waals surface area contributed by atoms with Gasteiger partial charge in [-0.25, -0.2) is 0 Å². The SMILES string of the molecule is O=C(CCSc1ccc(Cl)cc1)NNC(=O)c1ccccc1Cl. The fraction of sp³-hybridized carbons (Fsp3) is 0.125. The zero-order valence-electron chi connectivity index (χ0n) is 12.0. The maximum absolute atomic E-state index is 11.9. The Morgan fingerprint density at radius 3 is 2.35 bits per heavy atom. The lowest BCUT2D eigenvalue weighted by atomic mass is 10.2. The van der Waals surface area contributed by atoms with E-state index in [1.54, 1.807) is 36.4 Å². The smallest absolute Gasteiger partial charge is 0.271 e. The lowest BCUT2D eigenvalue weighted by Gasteiger charge is -2.08. The molecular formula is C16H14Cl2N2O2S. The van der Waals surface area contributed by atoms with E-state index in [-0.39, 0.29) is 12.3 Å². The number of amides is 2. The van der Waals surface area contributed by atoms with Gasteiger partial charge in [-0.3, -0.25) is 20.4 Å². The summed E-state index contributed by atoms with van der Waals surface area (Å²) in [6, 6.07) is 14.0. The van der Waals surface area contributed by atoms with Crippen molar-refractivity contribution in [3.63, 3.8) is 0 Å². The molecule has 0 saturated carbocycles. The quantitative estimate of drug-likeness (QED) is 0.620. The molecule has 2 rings (SSSR count). The highest BCUT2D eigenvalue weighted by Crippen LogP contribution is 2.20. The first-order chi connectivity index (χ1) is 11.1. The van der Waals surface area contributed by atoms with Gasteiger partial charge in [0.25, 0.3) is 5.91 Å². The fourth-order valence-electron chi connectivity index (χ4n) is 1.69. The summed E-state index contributed by atoms with van der Waals surface area (Å²) < 4.78 is 0. The monoisotopic (exact) mass is 368 g/mol. The second-order valence-corrected chi connectivity index (χ2v) is 6.55. The number of nitrogens with one attached hydrogen (secondary N) is 2. The molecule has 0 aliphatic heterocycles. The molecule has 2 N–H and O–H groups in total. The van der Waals surface area contributed by atoms with Crippen LogP contribution in [-0.4, -0.2) is 17.6 Å². The Morgan fingerprint density at radius 2 is 1.65 bits per heavy atom. The van der Waals surface area contributed by atoms with E-state index in [2.05, 4.69) is 10.9 Å². The summed E-state index contributed by atoms with van der Waals surface area (Å²) in [6.07, 6.45) is 0.274. The van der Waals surface area contributed by atoms with E-state index in [1.165, 1.54) is 11.8 Å². The molecule has 0 fully saturated rings. The van der Waals surface area contributed by atoms with Crippen molar-refractivity contribution in [3.8, 4) is 0 Å². The summed E-state index contributed by atoms with van der Waals surface area (Å²) in [4.78, 5) is 24.6. The van der Waals surface area contributed by atoms with Crippen LogP contribution in [0.3, 0.4) is 0 Å². The van der Waals surface area contributed by atoms with Crippen LogP contribution in [0.5, 0.6) is 0 Å². The largest absolute Gasteiger partial charge is 0.273 e. The molecule has 0 heterocycles. The van der Waals surface area contributed by atoms with E-state index < -0.39 is 5.91 Å². The average molecular weight is 369 g/mol. The van der Waals surface area contributed by atoms with Crippen LogP contribution in [0.1, 0.15) is 16.8 Å². The van der Waals surface area contributed by atoms with Crippen LogP contribution in [0.25, 0.3) is 0 Å². The van der Waals surface area contributed by atoms with E-state index in [4.69, 9.17) is 23.2 Å². The Balaban J connectivity index is 1.72. The molecule has 0 saturated heterocycles. The van der Waals surface area contributed by atoms with Gasteiger partial charge in [0, 0.05) is 22.1 Å². The molecule has 0 unspecified atom stereocenters. The molecule has 0 radical (unpaired) electrons. The molecule has 0 atom stereocenters. The summed E-state index contributed by atoms with van der Waals surface area (Å²) >= 11 is 13.3. The predicted molar refractivity (Wildman–Crippen MR) is 93.9 cm³/mol. The van der Waals surface area contributed by atoms with E-state index in [0.29, 0.717) is 21.4 Å². The maximum Gasteiger partial charge on any atom is 0.271 e. The van der Waals surface area contributed by atoms with Gasteiger partial charge in [0.1, 0.15) is 0 Å². The Labute approximate surface area is 148 Å². The molecule has 0 aromatic heterocycles. The number of halogens is 2. The van der Waals surface area contributed by atoms with Crippen LogP contribution in [0.2, 0.25) is 10.0 Å². The maximum atomic E-state index is 11.9. The minimum absolute atomic E-state index is 0.271. The van der Waals surface area contributed by atoms with Crippen molar-refractivity contribution in [3.05, 3.63) is 64.1 Å². The second kappa shape index (κ2) is 8.82. The van der Waals surface area contributed by atoms with Gasteiger partial charge in [0.2, 0.25) is 5.91 Å². The zero-order valence-corrected chi connectivity index (χ0v) is 14.3. The van der Waals surface area contributed by atoms with Gasteiger partial charge >= 0.3 is 0 Å². The fourth-order valence-corrected chi connectivity index (χ4v) is 2.89. The predicted octanol–water partition coefficient (Wildman–Crippen LogP) is 3.94. The summed E-state index contributed by atoms with van der Waals surface area (Å²) in [6.45, 7) is 0. The normalized spacial score (nSPS) is 10.2. The third kappa shape index (κ3) is 5.78. The van der Waals surface area contributed by atoms with E-state index >= 15 is 0 Å². The Hall–Kier alpha value is -1.69. The number of hydrazine groups is 1. The minimum Gasteiger partial charge on any atom is -0.273 e. The van der Waals surface area contributed by atoms with Crippen molar-refractivity contribution in [2.45, 2.75) is 11.3 Å². The van der Waals surface area contributed by atoms with Gasteiger partial charge in [-0.05, 0) is 36.4 Å². The average Bonchev–Trinajstić information content (AvgIpc) is 2.55. The van der Waals surface area contributed by atoms with Gasteiger partial charge in [-0.2, -0.15) is 0 Å². The summed E-state index contributed by atoms with van der Waals surface area (Å²) in [7, 11) is 0.